The highest BCUT2D eigenvalue weighted by molar-refractivity contribution is 7.92. The first-order valence-electron chi connectivity index (χ1n) is 13.8. The standard InChI is InChI=1S/C30H36F2N4O5S/c1-3-28(37)29(30(38)34-27-13-6-21(31)18-26(27)32)33-22-14-16-36(17-15-22)19-20-4-9-24(10-5-20)41-25-11-7-23(8-12-25)35-42(2,39)40/h4-13,18,22,28-29,33,35,37H,3,14-17,19H2,1-2H3,(H,34,38). The van der Waals surface area contributed by atoms with Crippen LogP contribution >= 0.6 is 0 Å². The molecule has 0 aromatic heterocycles. The van der Waals surface area contributed by atoms with Gasteiger partial charge in [-0.15, -0.1) is 0 Å². The number of aliphatic hydroxyl groups is 1. The van der Waals surface area contributed by atoms with Crippen LogP contribution in [0.25, 0.3) is 0 Å². The number of nitrogens with one attached hydrogen (secondary N) is 3. The smallest absolute Gasteiger partial charge is 0.244 e. The lowest BCUT2D eigenvalue weighted by molar-refractivity contribution is -0.121. The molecule has 1 aliphatic heterocycles. The molecule has 1 amide bonds. The van der Waals surface area contributed by atoms with Crippen molar-refractivity contribution in [2.24, 2.45) is 0 Å². The van der Waals surface area contributed by atoms with Gasteiger partial charge in [-0.25, -0.2) is 17.2 Å². The molecule has 0 aliphatic carbocycles. The van der Waals surface area contributed by atoms with Gasteiger partial charge in [-0.05, 0) is 86.4 Å². The molecule has 12 heteroatoms. The molecule has 42 heavy (non-hydrogen) atoms. The van der Waals surface area contributed by atoms with Gasteiger partial charge in [0.1, 0.15) is 29.2 Å². The summed E-state index contributed by atoms with van der Waals surface area (Å²) in [5.74, 6) is -0.942. The van der Waals surface area contributed by atoms with E-state index in [0.29, 0.717) is 29.7 Å². The molecule has 0 radical (unpaired) electrons. The van der Waals surface area contributed by atoms with Gasteiger partial charge in [-0.3, -0.25) is 14.4 Å². The third-order valence-electron chi connectivity index (χ3n) is 7.00. The third-order valence-corrected chi connectivity index (χ3v) is 7.61. The minimum atomic E-state index is -3.34. The number of ether oxygens (including phenoxy) is 1. The molecule has 1 fully saturated rings. The molecule has 1 heterocycles. The Balaban J connectivity index is 1.26. The summed E-state index contributed by atoms with van der Waals surface area (Å²) in [6.45, 7) is 4.07. The lowest BCUT2D eigenvalue weighted by Crippen LogP contribution is -2.54. The summed E-state index contributed by atoms with van der Waals surface area (Å²) < 4.78 is 58.3. The molecule has 2 atom stereocenters. The van der Waals surface area contributed by atoms with E-state index in [4.69, 9.17) is 4.74 Å². The molecule has 3 aromatic carbocycles. The molecule has 1 saturated heterocycles. The van der Waals surface area contributed by atoms with E-state index in [-0.39, 0.29) is 11.7 Å². The van der Waals surface area contributed by atoms with Crippen molar-refractivity contribution in [1.82, 2.24) is 10.2 Å². The van der Waals surface area contributed by atoms with Crippen molar-refractivity contribution in [2.45, 2.75) is 50.9 Å². The topological polar surface area (TPSA) is 120 Å². The van der Waals surface area contributed by atoms with Crippen molar-refractivity contribution >= 4 is 27.3 Å². The van der Waals surface area contributed by atoms with Gasteiger partial charge in [-0.2, -0.15) is 0 Å². The van der Waals surface area contributed by atoms with Gasteiger partial charge >= 0.3 is 0 Å². The maximum atomic E-state index is 14.0. The van der Waals surface area contributed by atoms with Crippen LogP contribution in [-0.4, -0.2) is 61.9 Å². The quantitative estimate of drug-likeness (QED) is 0.242. The number of sulfonamides is 1. The van der Waals surface area contributed by atoms with Gasteiger partial charge in [0.25, 0.3) is 0 Å². The van der Waals surface area contributed by atoms with Crippen LogP contribution in [0.5, 0.6) is 11.5 Å². The molecule has 0 spiro atoms. The van der Waals surface area contributed by atoms with Gasteiger partial charge in [-0.1, -0.05) is 19.1 Å². The molecule has 4 N–H and O–H groups in total. The summed E-state index contributed by atoms with van der Waals surface area (Å²) >= 11 is 0. The second kappa shape index (κ2) is 14.1. The SMILES string of the molecule is CCC(O)C(NC1CCN(Cc2ccc(Oc3ccc(NS(C)(=O)=O)cc3)cc2)CC1)C(=O)Nc1ccc(F)cc1F. The average molecular weight is 603 g/mol. The van der Waals surface area contributed by atoms with Crippen LogP contribution < -0.4 is 20.1 Å². The van der Waals surface area contributed by atoms with E-state index in [0.717, 1.165) is 56.4 Å². The lowest BCUT2D eigenvalue weighted by atomic mass is 10.00. The second-order valence-electron chi connectivity index (χ2n) is 10.4. The van der Waals surface area contributed by atoms with Gasteiger partial charge in [0, 0.05) is 24.3 Å². The fraction of sp³-hybridized carbons (Fsp3) is 0.367. The number of likely N-dealkylation sites (tertiary alicyclic amines) is 1. The van der Waals surface area contributed by atoms with Gasteiger partial charge in [0.05, 0.1) is 18.0 Å². The van der Waals surface area contributed by atoms with Crippen molar-refractivity contribution in [2.75, 3.05) is 29.4 Å². The van der Waals surface area contributed by atoms with Crippen molar-refractivity contribution < 1.29 is 31.8 Å². The van der Waals surface area contributed by atoms with Crippen LogP contribution in [0.1, 0.15) is 31.7 Å². The first-order chi connectivity index (χ1) is 20.0. The first-order valence-corrected chi connectivity index (χ1v) is 15.6. The number of aliphatic hydroxyl groups excluding tert-OH is 1. The fourth-order valence-corrected chi connectivity index (χ4v) is 5.34. The Morgan fingerprint density at radius 3 is 2.21 bits per heavy atom. The average Bonchev–Trinajstić information content (AvgIpc) is 2.95. The summed E-state index contributed by atoms with van der Waals surface area (Å²) in [6.07, 6.45) is 1.99. The van der Waals surface area contributed by atoms with Crippen LogP contribution in [0.4, 0.5) is 20.2 Å². The molecule has 2 unspecified atom stereocenters. The Bertz CT molecular complexity index is 1450. The second-order valence-corrected chi connectivity index (χ2v) is 12.2. The largest absolute Gasteiger partial charge is 0.457 e. The number of carbonyl (C=O) groups is 1. The van der Waals surface area contributed by atoms with Crippen molar-refractivity contribution in [3.05, 3.63) is 83.9 Å². The first kappa shape index (κ1) is 31.4. The molecule has 3 aromatic rings. The summed E-state index contributed by atoms with van der Waals surface area (Å²) in [5.41, 5.74) is 1.43. The van der Waals surface area contributed by atoms with Crippen LogP contribution in [0.15, 0.2) is 66.7 Å². The monoisotopic (exact) mass is 602 g/mol. The van der Waals surface area contributed by atoms with Gasteiger partial charge < -0.3 is 20.5 Å². The molecule has 1 aliphatic rings. The molecule has 0 saturated carbocycles. The Kier molecular flexibility index (Phi) is 10.5. The molecular formula is C30H36F2N4O5S. The molecular weight excluding hydrogens is 566 g/mol. The summed E-state index contributed by atoms with van der Waals surface area (Å²) in [7, 11) is -3.34. The van der Waals surface area contributed by atoms with E-state index in [1.807, 2.05) is 24.3 Å². The number of hydrogen-bond acceptors (Lipinski definition) is 7. The highest BCUT2D eigenvalue weighted by Crippen LogP contribution is 2.25. The number of benzene rings is 3. The highest BCUT2D eigenvalue weighted by Gasteiger charge is 2.30. The van der Waals surface area contributed by atoms with Crippen LogP contribution in [0.3, 0.4) is 0 Å². The number of hydrogen-bond donors (Lipinski definition) is 4. The van der Waals surface area contributed by atoms with Crippen LogP contribution in [0.2, 0.25) is 0 Å². The Morgan fingerprint density at radius 2 is 1.64 bits per heavy atom. The lowest BCUT2D eigenvalue weighted by Gasteiger charge is -2.35. The van der Waals surface area contributed by atoms with E-state index in [2.05, 4.69) is 20.3 Å². The molecule has 4 rings (SSSR count). The van der Waals surface area contributed by atoms with Gasteiger partial charge in [0.15, 0.2) is 0 Å². The Hall–Kier alpha value is -3.58. The van der Waals surface area contributed by atoms with Crippen molar-refractivity contribution in [1.29, 1.82) is 0 Å². The van der Waals surface area contributed by atoms with E-state index < -0.39 is 39.7 Å². The number of carbonyl (C=O) groups excluding carboxylic acids is 1. The predicted molar refractivity (Wildman–Crippen MR) is 158 cm³/mol. The zero-order chi connectivity index (χ0) is 30.3. The summed E-state index contributed by atoms with van der Waals surface area (Å²) in [4.78, 5) is 15.2. The van der Waals surface area contributed by atoms with E-state index >= 15 is 0 Å². The predicted octanol–water partition coefficient (Wildman–Crippen LogP) is 4.46. The Morgan fingerprint density at radius 1 is 1.02 bits per heavy atom. The Labute approximate surface area is 244 Å². The fourth-order valence-electron chi connectivity index (χ4n) is 4.77. The zero-order valence-electron chi connectivity index (χ0n) is 23.5. The number of rotatable bonds is 12. The maximum Gasteiger partial charge on any atom is 0.244 e. The summed E-state index contributed by atoms with van der Waals surface area (Å²) in [5, 5.41) is 16.2. The van der Waals surface area contributed by atoms with Crippen molar-refractivity contribution in [3.8, 4) is 11.5 Å². The van der Waals surface area contributed by atoms with Crippen LogP contribution in [-0.2, 0) is 21.4 Å². The summed E-state index contributed by atoms with van der Waals surface area (Å²) in [6, 6.07) is 16.4. The minimum absolute atomic E-state index is 0.00827. The molecule has 9 nitrogen and oxygen atoms in total. The third kappa shape index (κ3) is 9.21. The molecule has 226 valence electrons. The number of nitrogens with zero attached hydrogens (tertiary/aromatic N) is 1. The van der Waals surface area contributed by atoms with E-state index in [9.17, 15) is 27.1 Å². The number of amides is 1. The maximum absolute atomic E-state index is 14.0. The van der Waals surface area contributed by atoms with Crippen molar-refractivity contribution in [3.63, 3.8) is 0 Å². The highest BCUT2D eigenvalue weighted by atomic mass is 32.2. The zero-order valence-corrected chi connectivity index (χ0v) is 24.3. The number of piperidine rings is 1. The van der Waals surface area contributed by atoms with Crippen LogP contribution in [0, 0.1) is 11.6 Å². The normalized spacial score (nSPS) is 16.0. The molecule has 0 bridgehead atoms. The number of halogens is 2. The van der Waals surface area contributed by atoms with E-state index in [1.165, 1.54) is 0 Å². The van der Waals surface area contributed by atoms with Gasteiger partial charge in [0.2, 0.25) is 15.9 Å². The number of anilines is 2. The minimum Gasteiger partial charge on any atom is -0.457 e. The van der Waals surface area contributed by atoms with E-state index in [1.54, 1.807) is 31.2 Å².